The van der Waals surface area contributed by atoms with Gasteiger partial charge in [-0.1, -0.05) is 36.4 Å². The maximum absolute atomic E-state index is 12.8. The van der Waals surface area contributed by atoms with Crippen LogP contribution < -0.4 is 5.01 Å². The molecule has 0 radical (unpaired) electrons. The molecule has 0 aliphatic heterocycles. The molecule has 2 aromatic carbocycles. The molecular weight excluding hydrogens is 329 g/mol. The van der Waals surface area contributed by atoms with Crippen LogP contribution in [0.4, 0.5) is 18.9 Å². The average molecular weight is 341 g/mol. The molecule has 23 heavy (non-hydrogen) atoms. The molecule has 0 atom stereocenters. The first kappa shape index (κ1) is 17.0. The lowest BCUT2D eigenvalue weighted by Gasteiger charge is -2.17. The van der Waals surface area contributed by atoms with Crippen molar-refractivity contribution in [3.05, 3.63) is 65.7 Å². The van der Waals surface area contributed by atoms with Crippen molar-refractivity contribution in [3.8, 4) is 0 Å². The number of carbonyl (C=O) groups is 1. The number of nitrogens with zero attached hydrogens (tertiary/aromatic N) is 2. The lowest BCUT2D eigenvalue weighted by molar-refractivity contribution is -0.137. The molecule has 1 amide bonds. The Morgan fingerprint density at radius 3 is 2.43 bits per heavy atom. The SMILES string of the molecule is O=C(CCl)N(N=Cc1ccccc1)c1cccc(C(F)(F)F)c1. The predicted molar refractivity (Wildman–Crippen MR) is 83.7 cm³/mol. The van der Waals surface area contributed by atoms with Crippen molar-refractivity contribution < 1.29 is 18.0 Å². The highest BCUT2D eigenvalue weighted by Gasteiger charge is 2.31. The van der Waals surface area contributed by atoms with Crippen LogP contribution in [0.3, 0.4) is 0 Å². The molecule has 0 aromatic heterocycles. The maximum atomic E-state index is 12.8. The summed E-state index contributed by atoms with van der Waals surface area (Å²) >= 11 is 5.52. The van der Waals surface area contributed by atoms with Gasteiger partial charge in [-0.3, -0.25) is 4.79 Å². The number of carbonyl (C=O) groups excluding carboxylic acids is 1. The molecule has 7 heteroatoms. The third-order valence-corrected chi connectivity index (χ3v) is 3.12. The molecule has 0 saturated heterocycles. The summed E-state index contributed by atoms with van der Waals surface area (Å²) in [5.74, 6) is -1.03. The zero-order valence-electron chi connectivity index (χ0n) is 11.8. The number of rotatable bonds is 4. The second-order valence-corrected chi connectivity index (χ2v) is 4.81. The number of hydrazone groups is 1. The predicted octanol–water partition coefficient (Wildman–Crippen LogP) is 4.31. The molecule has 0 N–H and O–H groups in total. The second kappa shape index (κ2) is 7.28. The summed E-state index contributed by atoms with van der Waals surface area (Å²) in [5, 5.41) is 4.82. The molecule has 2 rings (SSSR count). The van der Waals surface area contributed by atoms with Crippen molar-refractivity contribution in [1.29, 1.82) is 0 Å². The topological polar surface area (TPSA) is 32.7 Å². The summed E-state index contributed by atoms with van der Waals surface area (Å²) in [6.07, 6.45) is -3.13. The van der Waals surface area contributed by atoms with Crippen LogP contribution in [0.25, 0.3) is 0 Å². The Morgan fingerprint density at radius 1 is 1.13 bits per heavy atom. The molecule has 2 aromatic rings. The third kappa shape index (κ3) is 4.56. The van der Waals surface area contributed by atoms with E-state index in [2.05, 4.69) is 5.10 Å². The molecule has 0 aliphatic carbocycles. The Labute approximate surface area is 136 Å². The van der Waals surface area contributed by atoms with Gasteiger partial charge in [0.15, 0.2) is 0 Å². The Balaban J connectivity index is 2.36. The van der Waals surface area contributed by atoms with Gasteiger partial charge in [-0.25, -0.2) is 0 Å². The van der Waals surface area contributed by atoms with Gasteiger partial charge in [-0.05, 0) is 23.8 Å². The molecule has 3 nitrogen and oxygen atoms in total. The normalized spacial score (nSPS) is 11.7. The molecule has 0 heterocycles. The van der Waals surface area contributed by atoms with E-state index in [1.807, 2.05) is 6.07 Å². The summed E-state index contributed by atoms with van der Waals surface area (Å²) in [5.41, 5.74) is -0.165. The quantitative estimate of drug-likeness (QED) is 0.463. The van der Waals surface area contributed by atoms with Crippen LogP contribution in [0, 0.1) is 0 Å². The lowest BCUT2D eigenvalue weighted by Crippen LogP contribution is -2.27. The first-order valence-electron chi connectivity index (χ1n) is 6.57. The van der Waals surface area contributed by atoms with Gasteiger partial charge in [0.1, 0.15) is 5.88 Å². The number of benzene rings is 2. The number of hydrogen-bond acceptors (Lipinski definition) is 2. The highest BCUT2D eigenvalue weighted by Crippen LogP contribution is 2.31. The maximum Gasteiger partial charge on any atom is 0.416 e. The summed E-state index contributed by atoms with van der Waals surface area (Å²) < 4.78 is 38.4. The minimum absolute atomic E-state index is 0.00217. The van der Waals surface area contributed by atoms with Gasteiger partial charge in [0.05, 0.1) is 17.5 Å². The van der Waals surface area contributed by atoms with Crippen molar-refractivity contribution >= 4 is 29.4 Å². The number of hydrogen-bond donors (Lipinski definition) is 0. The van der Waals surface area contributed by atoms with E-state index in [4.69, 9.17) is 11.6 Å². The highest BCUT2D eigenvalue weighted by atomic mass is 35.5. The molecule has 0 fully saturated rings. The minimum atomic E-state index is -4.51. The van der Waals surface area contributed by atoms with Crippen molar-refractivity contribution in [2.24, 2.45) is 5.10 Å². The number of alkyl halides is 4. The van der Waals surface area contributed by atoms with E-state index >= 15 is 0 Å². The molecule has 0 spiro atoms. The Kier molecular flexibility index (Phi) is 5.39. The van der Waals surface area contributed by atoms with E-state index in [0.717, 1.165) is 17.1 Å². The molecule has 0 unspecified atom stereocenters. The minimum Gasteiger partial charge on any atom is -0.271 e. The van der Waals surface area contributed by atoms with Crippen LogP contribution in [0.1, 0.15) is 11.1 Å². The van der Waals surface area contributed by atoms with E-state index < -0.39 is 23.5 Å². The molecule has 120 valence electrons. The highest BCUT2D eigenvalue weighted by molar-refractivity contribution is 6.29. The fourth-order valence-corrected chi connectivity index (χ4v) is 1.92. The van der Waals surface area contributed by atoms with Crippen molar-refractivity contribution in [2.45, 2.75) is 6.18 Å². The van der Waals surface area contributed by atoms with Crippen LogP contribution in [-0.4, -0.2) is 18.0 Å². The van der Waals surface area contributed by atoms with Crippen LogP contribution in [0.2, 0.25) is 0 Å². The van der Waals surface area contributed by atoms with E-state index in [1.54, 1.807) is 24.3 Å². The first-order valence-corrected chi connectivity index (χ1v) is 7.10. The van der Waals surface area contributed by atoms with E-state index in [0.29, 0.717) is 5.56 Å². The smallest absolute Gasteiger partial charge is 0.271 e. The Morgan fingerprint density at radius 2 is 1.83 bits per heavy atom. The summed E-state index contributed by atoms with van der Waals surface area (Å²) in [4.78, 5) is 11.9. The van der Waals surface area contributed by atoms with Crippen molar-refractivity contribution in [2.75, 3.05) is 10.9 Å². The van der Waals surface area contributed by atoms with Gasteiger partial charge in [0.25, 0.3) is 5.91 Å². The number of anilines is 1. The van der Waals surface area contributed by atoms with Gasteiger partial charge < -0.3 is 0 Å². The fraction of sp³-hybridized carbons (Fsp3) is 0.125. The third-order valence-electron chi connectivity index (χ3n) is 2.89. The Hall–Kier alpha value is -2.34. The summed E-state index contributed by atoms with van der Waals surface area (Å²) in [6.45, 7) is 0. The summed E-state index contributed by atoms with van der Waals surface area (Å²) in [6, 6.07) is 13.2. The van der Waals surface area contributed by atoms with Crippen molar-refractivity contribution in [3.63, 3.8) is 0 Å². The Bertz CT molecular complexity index is 702. The zero-order valence-corrected chi connectivity index (χ0v) is 12.6. The molecule has 0 bridgehead atoms. The average Bonchev–Trinajstić information content (AvgIpc) is 2.55. The van der Waals surface area contributed by atoms with Crippen LogP contribution in [-0.2, 0) is 11.0 Å². The van der Waals surface area contributed by atoms with Gasteiger partial charge >= 0.3 is 6.18 Å². The fourth-order valence-electron chi connectivity index (χ4n) is 1.81. The van der Waals surface area contributed by atoms with Gasteiger partial charge in [0.2, 0.25) is 0 Å². The first-order chi connectivity index (χ1) is 10.9. The second-order valence-electron chi connectivity index (χ2n) is 4.54. The van der Waals surface area contributed by atoms with Gasteiger partial charge in [-0.2, -0.15) is 23.3 Å². The van der Waals surface area contributed by atoms with Crippen LogP contribution >= 0.6 is 11.6 Å². The standard InChI is InChI=1S/C16H12ClF3N2O/c17-10-15(23)22(21-11-12-5-2-1-3-6-12)14-8-4-7-13(9-14)16(18,19)20/h1-9,11H,10H2. The number of halogens is 4. The van der Waals surface area contributed by atoms with E-state index in [-0.39, 0.29) is 5.69 Å². The zero-order chi connectivity index (χ0) is 16.9. The van der Waals surface area contributed by atoms with Crippen LogP contribution in [0.5, 0.6) is 0 Å². The van der Waals surface area contributed by atoms with Crippen molar-refractivity contribution in [1.82, 2.24) is 0 Å². The molecular formula is C16H12ClF3N2O. The monoisotopic (exact) mass is 340 g/mol. The summed E-state index contributed by atoms with van der Waals surface area (Å²) in [7, 11) is 0. The largest absolute Gasteiger partial charge is 0.416 e. The molecule has 0 saturated carbocycles. The lowest BCUT2D eigenvalue weighted by atomic mass is 10.2. The molecule has 0 aliphatic rings. The van der Waals surface area contributed by atoms with Gasteiger partial charge in [0, 0.05) is 0 Å². The van der Waals surface area contributed by atoms with Gasteiger partial charge in [-0.15, -0.1) is 11.6 Å². The van der Waals surface area contributed by atoms with Crippen LogP contribution in [0.15, 0.2) is 59.7 Å². The number of amides is 1. The van der Waals surface area contributed by atoms with E-state index in [1.165, 1.54) is 18.3 Å². The van der Waals surface area contributed by atoms with E-state index in [9.17, 15) is 18.0 Å².